The van der Waals surface area contributed by atoms with Crippen LogP contribution in [-0.4, -0.2) is 34.2 Å². The monoisotopic (exact) mass is 355 g/mol. The third-order valence-electron chi connectivity index (χ3n) is 3.79. The van der Waals surface area contributed by atoms with Gasteiger partial charge >= 0.3 is 0 Å². The van der Waals surface area contributed by atoms with Gasteiger partial charge in [0, 0.05) is 18.4 Å². The van der Waals surface area contributed by atoms with E-state index in [1.807, 2.05) is 35.9 Å². The van der Waals surface area contributed by atoms with Crippen LogP contribution in [0.1, 0.15) is 5.56 Å². The quantitative estimate of drug-likeness (QED) is 0.474. The Kier molecular flexibility index (Phi) is 5.60. The number of hydrogen-bond donors (Lipinski definition) is 0. The van der Waals surface area contributed by atoms with Crippen molar-refractivity contribution in [2.45, 2.75) is 12.1 Å². The third kappa shape index (κ3) is 4.33. The fourth-order valence-electron chi connectivity index (χ4n) is 2.36. The van der Waals surface area contributed by atoms with Crippen LogP contribution in [0.3, 0.4) is 0 Å². The zero-order valence-electron chi connectivity index (χ0n) is 14.6. The van der Waals surface area contributed by atoms with Gasteiger partial charge in [0.2, 0.25) is 0 Å². The predicted molar refractivity (Wildman–Crippen MR) is 100 cm³/mol. The van der Waals surface area contributed by atoms with Crippen molar-refractivity contribution in [3.05, 3.63) is 54.1 Å². The first kappa shape index (κ1) is 17.4. The van der Waals surface area contributed by atoms with E-state index in [0.29, 0.717) is 6.61 Å². The standard InChI is InChI=1S/C19H21N3O2S/c1-14-4-6-15(7-5-14)18-20-21-19(22(18)2)25-13-12-24-17-10-8-16(23-3)9-11-17/h4-11H,12-13H2,1-3H3. The van der Waals surface area contributed by atoms with Crippen molar-refractivity contribution in [1.82, 2.24) is 14.8 Å². The number of methoxy groups -OCH3 is 1. The van der Waals surface area contributed by atoms with Gasteiger partial charge in [-0.05, 0) is 31.2 Å². The van der Waals surface area contributed by atoms with Crippen LogP contribution in [0.5, 0.6) is 11.5 Å². The van der Waals surface area contributed by atoms with Crippen LogP contribution in [0, 0.1) is 6.92 Å². The minimum absolute atomic E-state index is 0.601. The fourth-order valence-corrected chi connectivity index (χ4v) is 3.09. The van der Waals surface area contributed by atoms with Crippen molar-refractivity contribution >= 4 is 11.8 Å². The predicted octanol–water partition coefficient (Wildman–Crippen LogP) is 3.97. The number of nitrogens with zero attached hydrogens (tertiary/aromatic N) is 3. The second-order valence-electron chi connectivity index (χ2n) is 5.60. The molecule has 0 N–H and O–H groups in total. The van der Waals surface area contributed by atoms with E-state index in [1.54, 1.807) is 18.9 Å². The zero-order chi connectivity index (χ0) is 17.6. The molecule has 0 fully saturated rings. The Hall–Kier alpha value is -2.47. The number of aromatic nitrogens is 3. The molecule has 25 heavy (non-hydrogen) atoms. The largest absolute Gasteiger partial charge is 0.497 e. The molecule has 3 rings (SSSR count). The van der Waals surface area contributed by atoms with Crippen molar-refractivity contribution in [2.75, 3.05) is 19.5 Å². The van der Waals surface area contributed by atoms with Gasteiger partial charge in [0.05, 0.1) is 13.7 Å². The van der Waals surface area contributed by atoms with Crippen LogP contribution in [0.25, 0.3) is 11.4 Å². The van der Waals surface area contributed by atoms with E-state index in [9.17, 15) is 0 Å². The molecule has 0 saturated heterocycles. The molecule has 0 bridgehead atoms. The highest BCUT2D eigenvalue weighted by Crippen LogP contribution is 2.23. The minimum atomic E-state index is 0.601. The molecule has 0 saturated carbocycles. The first-order valence-electron chi connectivity index (χ1n) is 8.03. The van der Waals surface area contributed by atoms with Gasteiger partial charge in [0.25, 0.3) is 0 Å². The summed E-state index contributed by atoms with van der Waals surface area (Å²) in [5.74, 6) is 3.33. The lowest BCUT2D eigenvalue weighted by atomic mass is 10.1. The van der Waals surface area contributed by atoms with Crippen LogP contribution in [0.2, 0.25) is 0 Å². The number of aryl methyl sites for hydroxylation is 1. The van der Waals surface area contributed by atoms with Crippen LogP contribution in [0.4, 0.5) is 0 Å². The van der Waals surface area contributed by atoms with E-state index in [0.717, 1.165) is 33.8 Å². The summed E-state index contributed by atoms with van der Waals surface area (Å²) in [6.45, 7) is 2.67. The molecule has 0 aliphatic heterocycles. The van der Waals surface area contributed by atoms with E-state index in [1.165, 1.54) is 5.56 Å². The first-order valence-corrected chi connectivity index (χ1v) is 9.02. The van der Waals surface area contributed by atoms with Gasteiger partial charge in [0.15, 0.2) is 11.0 Å². The molecule has 0 atom stereocenters. The van der Waals surface area contributed by atoms with E-state index < -0.39 is 0 Å². The molecule has 2 aromatic carbocycles. The van der Waals surface area contributed by atoms with Crippen molar-refractivity contribution in [3.63, 3.8) is 0 Å². The summed E-state index contributed by atoms with van der Waals surface area (Å²) < 4.78 is 12.9. The van der Waals surface area contributed by atoms with Gasteiger partial charge in [-0.25, -0.2) is 0 Å². The van der Waals surface area contributed by atoms with E-state index in [4.69, 9.17) is 9.47 Å². The molecule has 1 heterocycles. The number of ether oxygens (including phenoxy) is 2. The molecule has 0 spiro atoms. The summed E-state index contributed by atoms with van der Waals surface area (Å²) in [7, 11) is 3.64. The second kappa shape index (κ2) is 8.07. The van der Waals surface area contributed by atoms with Gasteiger partial charge in [-0.1, -0.05) is 41.6 Å². The molecular formula is C19H21N3O2S. The van der Waals surface area contributed by atoms with Gasteiger partial charge < -0.3 is 14.0 Å². The van der Waals surface area contributed by atoms with E-state index >= 15 is 0 Å². The Bertz CT molecular complexity index is 814. The maximum Gasteiger partial charge on any atom is 0.191 e. The molecular weight excluding hydrogens is 334 g/mol. The molecule has 0 radical (unpaired) electrons. The molecule has 5 nitrogen and oxygen atoms in total. The maximum absolute atomic E-state index is 5.74. The molecule has 6 heteroatoms. The Morgan fingerprint density at radius 2 is 1.64 bits per heavy atom. The summed E-state index contributed by atoms with van der Waals surface area (Å²) in [4.78, 5) is 0. The lowest BCUT2D eigenvalue weighted by molar-refractivity contribution is 0.342. The molecule has 0 amide bonds. The highest BCUT2D eigenvalue weighted by Gasteiger charge is 2.11. The van der Waals surface area contributed by atoms with Crippen molar-refractivity contribution in [1.29, 1.82) is 0 Å². The third-order valence-corrected chi connectivity index (χ3v) is 4.77. The highest BCUT2D eigenvalue weighted by molar-refractivity contribution is 7.99. The van der Waals surface area contributed by atoms with Crippen LogP contribution >= 0.6 is 11.8 Å². The molecule has 0 aliphatic carbocycles. The maximum atomic E-state index is 5.74. The van der Waals surface area contributed by atoms with Crippen LogP contribution in [-0.2, 0) is 7.05 Å². The Balaban J connectivity index is 1.54. The Morgan fingerprint density at radius 1 is 0.960 bits per heavy atom. The van der Waals surface area contributed by atoms with Gasteiger partial charge in [0.1, 0.15) is 11.5 Å². The second-order valence-corrected chi connectivity index (χ2v) is 6.67. The molecule has 1 aromatic heterocycles. The molecule has 130 valence electrons. The lowest BCUT2D eigenvalue weighted by Crippen LogP contribution is -2.02. The Labute approximate surface area is 152 Å². The van der Waals surface area contributed by atoms with Crippen LogP contribution in [0.15, 0.2) is 53.7 Å². The van der Waals surface area contributed by atoms with Crippen molar-refractivity contribution in [3.8, 4) is 22.9 Å². The number of hydrogen-bond acceptors (Lipinski definition) is 5. The topological polar surface area (TPSA) is 49.2 Å². The summed E-state index contributed by atoms with van der Waals surface area (Å²) in [6, 6.07) is 15.9. The minimum Gasteiger partial charge on any atom is -0.497 e. The van der Waals surface area contributed by atoms with Gasteiger partial charge in [-0.2, -0.15) is 0 Å². The average molecular weight is 355 g/mol. The van der Waals surface area contributed by atoms with E-state index in [-0.39, 0.29) is 0 Å². The summed E-state index contributed by atoms with van der Waals surface area (Å²) in [5.41, 5.74) is 2.30. The lowest BCUT2D eigenvalue weighted by Gasteiger charge is -2.07. The average Bonchev–Trinajstić information content (AvgIpc) is 3.01. The normalized spacial score (nSPS) is 10.7. The number of benzene rings is 2. The number of rotatable bonds is 7. The van der Waals surface area contributed by atoms with Crippen LogP contribution < -0.4 is 9.47 Å². The molecule has 0 unspecified atom stereocenters. The molecule has 0 aliphatic rings. The number of thioether (sulfide) groups is 1. The smallest absolute Gasteiger partial charge is 0.191 e. The van der Waals surface area contributed by atoms with Gasteiger partial charge in [-0.15, -0.1) is 10.2 Å². The van der Waals surface area contributed by atoms with E-state index in [2.05, 4.69) is 41.4 Å². The fraction of sp³-hybridized carbons (Fsp3) is 0.263. The highest BCUT2D eigenvalue weighted by atomic mass is 32.2. The van der Waals surface area contributed by atoms with Crippen molar-refractivity contribution in [2.24, 2.45) is 7.05 Å². The molecule has 3 aromatic rings. The summed E-state index contributed by atoms with van der Waals surface area (Å²) >= 11 is 1.63. The first-order chi connectivity index (χ1) is 12.2. The zero-order valence-corrected chi connectivity index (χ0v) is 15.4. The van der Waals surface area contributed by atoms with Crippen molar-refractivity contribution < 1.29 is 9.47 Å². The Morgan fingerprint density at radius 3 is 2.32 bits per heavy atom. The SMILES string of the molecule is COc1ccc(OCCSc2nnc(-c3ccc(C)cc3)n2C)cc1. The summed E-state index contributed by atoms with van der Waals surface area (Å²) in [5, 5.41) is 9.48. The van der Waals surface area contributed by atoms with Gasteiger partial charge in [-0.3, -0.25) is 0 Å². The summed E-state index contributed by atoms with van der Waals surface area (Å²) in [6.07, 6.45) is 0.